The van der Waals surface area contributed by atoms with Crippen LogP contribution in [0.25, 0.3) is 10.9 Å². The number of benzene rings is 1. The number of nitrogens with two attached hydrogens (primary N) is 1. The molecule has 0 radical (unpaired) electrons. The molecule has 2 heterocycles. The van der Waals surface area contributed by atoms with E-state index in [4.69, 9.17) is 5.73 Å². The van der Waals surface area contributed by atoms with Crippen LogP contribution in [0.15, 0.2) is 42.6 Å². The monoisotopic (exact) mass is 266 g/mol. The number of hydrogen-bond acceptors (Lipinski definition) is 3. The van der Waals surface area contributed by atoms with Crippen LogP contribution in [0, 0.1) is 6.92 Å². The molecule has 4 N–H and O–H groups in total. The lowest BCUT2D eigenvalue weighted by molar-refractivity contribution is 0.102. The van der Waals surface area contributed by atoms with Crippen molar-refractivity contribution in [3.05, 3.63) is 54.0 Å². The first-order valence-electron chi connectivity index (χ1n) is 6.25. The van der Waals surface area contributed by atoms with Gasteiger partial charge in [0.15, 0.2) is 0 Å². The number of nitrogens with zero attached hydrogens (tertiary/aromatic N) is 1. The van der Waals surface area contributed by atoms with Gasteiger partial charge >= 0.3 is 0 Å². The van der Waals surface area contributed by atoms with Crippen LogP contribution in [0.2, 0.25) is 0 Å². The van der Waals surface area contributed by atoms with E-state index in [1.54, 1.807) is 24.4 Å². The maximum absolute atomic E-state index is 12.2. The normalized spacial score (nSPS) is 10.7. The second-order valence-electron chi connectivity index (χ2n) is 4.62. The smallest absolute Gasteiger partial charge is 0.272 e. The molecule has 0 saturated heterocycles. The summed E-state index contributed by atoms with van der Waals surface area (Å²) in [5.74, 6) is -0.198. The van der Waals surface area contributed by atoms with Crippen LogP contribution < -0.4 is 11.1 Å². The molecule has 0 aliphatic heterocycles. The molecule has 3 aromatic rings. The van der Waals surface area contributed by atoms with Crippen LogP contribution in [0.5, 0.6) is 0 Å². The molecule has 0 aliphatic rings. The minimum atomic E-state index is -0.198. The average Bonchev–Trinajstić information content (AvgIpc) is 2.84. The zero-order valence-electron chi connectivity index (χ0n) is 11.0. The number of nitrogens with one attached hydrogen (secondary N) is 2. The Kier molecular flexibility index (Phi) is 2.87. The van der Waals surface area contributed by atoms with Gasteiger partial charge in [0.05, 0.1) is 11.4 Å². The first-order chi connectivity index (χ1) is 9.63. The number of rotatable bonds is 2. The number of carbonyl (C=O) groups is 1. The van der Waals surface area contributed by atoms with Gasteiger partial charge in [0.25, 0.3) is 5.91 Å². The predicted molar refractivity (Wildman–Crippen MR) is 79.6 cm³/mol. The highest BCUT2D eigenvalue weighted by molar-refractivity contribution is 6.06. The van der Waals surface area contributed by atoms with Gasteiger partial charge in [-0.1, -0.05) is 0 Å². The molecule has 5 heteroatoms. The molecule has 1 amide bonds. The Hall–Kier alpha value is -2.82. The zero-order chi connectivity index (χ0) is 14.1. The third-order valence-electron chi connectivity index (χ3n) is 3.14. The summed E-state index contributed by atoms with van der Waals surface area (Å²) < 4.78 is 0. The van der Waals surface area contributed by atoms with Crippen molar-refractivity contribution < 1.29 is 4.79 Å². The van der Waals surface area contributed by atoms with E-state index in [0.29, 0.717) is 17.1 Å². The van der Waals surface area contributed by atoms with Crippen molar-refractivity contribution in [1.29, 1.82) is 0 Å². The predicted octanol–water partition coefficient (Wildman–Crippen LogP) is 2.71. The number of pyridine rings is 1. The molecule has 0 fully saturated rings. The van der Waals surface area contributed by atoms with Crippen molar-refractivity contribution in [2.24, 2.45) is 0 Å². The van der Waals surface area contributed by atoms with E-state index in [1.165, 1.54) is 0 Å². The fraction of sp³-hybridized carbons (Fsp3) is 0.0667. The Morgan fingerprint density at radius 1 is 1.30 bits per heavy atom. The standard InChI is InChI=1S/C15H14N4O/c1-9-12(3-2-6-17-9)19-15(20)14-8-10-7-11(16)4-5-13(10)18-14/h2-8,18H,16H2,1H3,(H,19,20). The van der Waals surface area contributed by atoms with Crippen molar-refractivity contribution in [2.45, 2.75) is 6.92 Å². The molecule has 3 rings (SSSR count). The van der Waals surface area contributed by atoms with Gasteiger partial charge in [-0.25, -0.2) is 0 Å². The number of carbonyl (C=O) groups excluding carboxylic acids is 1. The van der Waals surface area contributed by atoms with E-state index in [-0.39, 0.29) is 5.91 Å². The van der Waals surface area contributed by atoms with Crippen LogP contribution in [-0.4, -0.2) is 15.9 Å². The molecule has 0 aliphatic carbocycles. The maximum Gasteiger partial charge on any atom is 0.272 e. The quantitative estimate of drug-likeness (QED) is 0.623. The van der Waals surface area contributed by atoms with Gasteiger partial charge in [-0.15, -0.1) is 0 Å². The third-order valence-corrected chi connectivity index (χ3v) is 3.14. The van der Waals surface area contributed by atoms with Crippen molar-refractivity contribution >= 4 is 28.2 Å². The molecule has 0 saturated carbocycles. The third kappa shape index (κ3) is 2.21. The summed E-state index contributed by atoms with van der Waals surface area (Å²) in [4.78, 5) is 19.4. The lowest BCUT2D eigenvalue weighted by Gasteiger charge is -2.05. The second kappa shape index (κ2) is 4.70. The fourth-order valence-corrected chi connectivity index (χ4v) is 2.08. The van der Waals surface area contributed by atoms with Crippen molar-refractivity contribution in [2.75, 3.05) is 11.1 Å². The second-order valence-corrected chi connectivity index (χ2v) is 4.62. The van der Waals surface area contributed by atoms with Crippen LogP contribution in [-0.2, 0) is 0 Å². The van der Waals surface area contributed by atoms with Gasteiger partial charge < -0.3 is 16.0 Å². The molecule has 100 valence electrons. The lowest BCUT2D eigenvalue weighted by Crippen LogP contribution is -2.13. The topological polar surface area (TPSA) is 83.8 Å². The van der Waals surface area contributed by atoms with Gasteiger partial charge in [-0.05, 0) is 43.3 Å². The summed E-state index contributed by atoms with van der Waals surface area (Å²) in [6.45, 7) is 1.85. The molecule has 0 atom stereocenters. The minimum absolute atomic E-state index is 0.198. The van der Waals surface area contributed by atoms with Gasteiger partial charge in [-0.2, -0.15) is 0 Å². The minimum Gasteiger partial charge on any atom is -0.399 e. The molecule has 0 unspecified atom stereocenters. The highest BCUT2D eigenvalue weighted by Crippen LogP contribution is 2.19. The Morgan fingerprint density at radius 3 is 2.95 bits per heavy atom. The summed E-state index contributed by atoms with van der Waals surface area (Å²) in [6, 6.07) is 10.9. The van der Waals surface area contributed by atoms with E-state index in [2.05, 4.69) is 15.3 Å². The van der Waals surface area contributed by atoms with Crippen LogP contribution >= 0.6 is 0 Å². The van der Waals surface area contributed by atoms with E-state index in [9.17, 15) is 4.79 Å². The summed E-state index contributed by atoms with van der Waals surface area (Å²) in [5, 5.41) is 3.75. The number of fused-ring (bicyclic) bond motifs is 1. The van der Waals surface area contributed by atoms with E-state index < -0.39 is 0 Å². The molecule has 0 spiro atoms. The van der Waals surface area contributed by atoms with Crippen LogP contribution in [0.4, 0.5) is 11.4 Å². The Morgan fingerprint density at radius 2 is 2.15 bits per heavy atom. The molecule has 5 nitrogen and oxygen atoms in total. The van der Waals surface area contributed by atoms with Crippen LogP contribution in [0.1, 0.15) is 16.2 Å². The first-order valence-corrected chi connectivity index (χ1v) is 6.25. The van der Waals surface area contributed by atoms with Gasteiger partial charge in [0.2, 0.25) is 0 Å². The molecule has 1 aromatic carbocycles. The first kappa shape index (κ1) is 12.2. The fourth-order valence-electron chi connectivity index (χ4n) is 2.08. The summed E-state index contributed by atoms with van der Waals surface area (Å²) in [5.41, 5.74) is 9.26. The van der Waals surface area contributed by atoms with Gasteiger partial charge in [-0.3, -0.25) is 9.78 Å². The highest BCUT2D eigenvalue weighted by Gasteiger charge is 2.11. The number of hydrogen-bond donors (Lipinski definition) is 3. The molecular formula is C15H14N4O. The Balaban J connectivity index is 1.91. The van der Waals surface area contributed by atoms with Crippen molar-refractivity contribution in [3.8, 4) is 0 Å². The number of H-pyrrole nitrogens is 1. The van der Waals surface area contributed by atoms with Crippen LogP contribution in [0.3, 0.4) is 0 Å². The van der Waals surface area contributed by atoms with E-state index in [0.717, 1.165) is 16.6 Å². The van der Waals surface area contributed by atoms with Gasteiger partial charge in [0.1, 0.15) is 5.69 Å². The number of nitrogen functional groups attached to an aromatic ring is 1. The number of aromatic nitrogens is 2. The SMILES string of the molecule is Cc1ncccc1NC(=O)c1cc2cc(N)ccc2[nH]1. The molecule has 2 aromatic heterocycles. The maximum atomic E-state index is 12.2. The number of anilines is 2. The molecular weight excluding hydrogens is 252 g/mol. The average molecular weight is 266 g/mol. The Bertz CT molecular complexity index is 791. The lowest BCUT2D eigenvalue weighted by atomic mass is 10.2. The number of amides is 1. The summed E-state index contributed by atoms with van der Waals surface area (Å²) >= 11 is 0. The van der Waals surface area contributed by atoms with Gasteiger partial charge in [0, 0.05) is 22.8 Å². The summed E-state index contributed by atoms with van der Waals surface area (Å²) in [6.07, 6.45) is 1.69. The Labute approximate surface area is 115 Å². The van der Waals surface area contributed by atoms with Crippen molar-refractivity contribution in [3.63, 3.8) is 0 Å². The summed E-state index contributed by atoms with van der Waals surface area (Å²) in [7, 11) is 0. The largest absolute Gasteiger partial charge is 0.399 e. The number of aromatic amines is 1. The van der Waals surface area contributed by atoms with E-state index in [1.807, 2.05) is 25.1 Å². The van der Waals surface area contributed by atoms with Crippen molar-refractivity contribution in [1.82, 2.24) is 9.97 Å². The highest BCUT2D eigenvalue weighted by atomic mass is 16.1. The van der Waals surface area contributed by atoms with E-state index >= 15 is 0 Å². The number of aryl methyl sites for hydroxylation is 1. The molecule has 0 bridgehead atoms. The zero-order valence-corrected chi connectivity index (χ0v) is 11.0. The molecule has 20 heavy (non-hydrogen) atoms.